The highest BCUT2D eigenvalue weighted by Gasteiger charge is 2.27. The maximum absolute atomic E-state index is 12.9. The topological polar surface area (TPSA) is 113 Å². The van der Waals surface area contributed by atoms with Crippen molar-refractivity contribution in [1.82, 2.24) is 9.47 Å². The molecule has 0 spiro atoms. The van der Waals surface area contributed by atoms with Crippen molar-refractivity contribution in [2.45, 2.75) is 19.9 Å². The van der Waals surface area contributed by atoms with Crippen LogP contribution in [0.25, 0.3) is 10.9 Å². The summed E-state index contributed by atoms with van der Waals surface area (Å²) in [4.78, 5) is 39.4. The Balaban J connectivity index is 1.58. The number of carbonyl (C=O) groups excluding carboxylic acids is 3. The van der Waals surface area contributed by atoms with Crippen LogP contribution in [0.3, 0.4) is 0 Å². The Morgan fingerprint density at radius 2 is 1.78 bits per heavy atom. The van der Waals surface area contributed by atoms with E-state index < -0.39 is 17.7 Å². The molecule has 4 rings (SSSR count). The van der Waals surface area contributed by atoms with Gasteiger partial charge in [-0.2, -0.15) is 0 Å². The summed E-state index contributed by atoms with van der Waals surface area (Å²) in [5.41, 5.74) is 8.07. The van der Waals surface area contributed by atoms with Gasteiger partial charge in [0.15, 0.2) is 6.61 Å². The maximum Gasteiger partial charge on any atom is 0.344 e. The summed E-state index contributed by atoms with van der Waals surface area (Å²) in [6, 6.07) is 15.1. The van der Waals surface area contributed by atoms with E-state index in [1.165, 1.54) is 0 Å². The van der Waals surface area contributed by atoms with Gasteiger partial charge in [0, 0.05) is 31.9 Å². The van der Waals surface area contributed by atoms with E-state index in [0.29, 0.717) is 49.6 Å². The number of esters is 1. The fourth-order valence-corrected chi connectivity index (χ4v) is 4.51. The van der Waals surface area contributed by atoms with Crippen LogP contribution in [-0.2, 0) is 32.0 Å². The first-order valence-corrected chi connectivity index (χ1v) is 12.1. The third-order valence-electron chi connectivity index (χ3n) is 6.25. The molecule has 2 aromatic carbocycles. The number of ketones is 1. The first-order valence-electron chi connectivity index (χ1n) is 12.1. The minimum absolute atomic E-state index is 0.215. The molecule has 9 nitrogen and oxygen atoms in total. The Kier molecular flexibility index (Phi) is 8.35. The Morgan fingerprint density at radius 3 is 2.47 bits per heavy atom. The molecular formula is C27H31N3O6. The van der Waals surface area contributed by atoms with E-state index in [0.717, 1.165) is 24.2 Å². The largest absolute Gasteiger partial charge is 0.481 e. The lowest BCUT2D eigenvalue weighted by Crippen LogP contribution is -2.38. The van der Waals surface area contributed by atoms with E-state index in [-0.39, 0.29) is 18.8 Å². The molecule has 2 N–H and O–H groups in total. The third kappa shape index (κ3) is 5.75. The highest BCUT2D eigenvalue weighted by Crippen LogP contribution is 2.35. The van der Waals surface area contributed by atoms with Gasteiger partial charge in [0.05, 0.1) is 29.7 Å². The number of hydrogen-bond acceptors (Lipinski definition) is 7. The lowest BCUT2D eigenvalue weighted by molar-refractivity contribution is -0.146. The Hall–Kier alpha value is -3.69. The predicted octanol–water partition coefficient (Wildman–Crippen LogP) is 2.17. The van der Waals surface area contributed by atoms with Crippen LogP contribution in [0.1, 0.15) is 28.5 Å². The van der Waals surface area contributed by atoms with Gasteiger partial charge in [-0.15, -0.1) is 0 Å². The summed E-state index contributed by atoms with van der Waals surface area (Å²) in [6.07, 6.45) is 0.499. The van der Waals surface area contributed by atoms with Gasteiger partial charge in [-0.05, 0) is 24.1 Å². The highest BCUT2D eigenvalue weighted by atomic mass is 16.6. The summed E-state index contributed by atoms with van der Waals surface area (Å²) in [5.74, 6) is -2.01. The van der Waals surface area contributed by atoms with Crippen LogP contribution in [0.4, 0.5) is 0 Å². The van der Waals surface area contributed by atoms with Crippen LogP contribution < -0.4 is 10.5 Å². The Morgan fingerprint density at radius 1 is 1.03 bits per heavy atom. The number of carbonyl (C=O) groups is 3. The summed E-state index contributed by atoms with van der Waals surface area (Å²) >= 11 is 0. The van der Waals surface area contributed by atoms with E-state index in [1.807, 2.05) is 47.9 Å². The molecule has 2 heterocycles. The number of ether oxygens (including phenoxy) is 3. The zero-order valence-corrected chi connectivity index (χ0v) is 20.4. The van der Waals surface area contributed by atoms with Gasteiger partial charge in [0.25, 0.3) is 11.7 Å². The fraction of sp³-hybridized carbons (Fsp3) is 0.370. The van der Waals surface area contributed by atoms with Crippen molar-refractivity contribution in [1.29, 1.82) is 0 Å². The number of primary amides is 1. The van der Waals surface area contributed by atoms with Crippen molar-refractivity contribution in [3.8, 4) is 5.75 Å². The molecule has 3 aromatic rings. The van der Waals surface area contributed by atoms with E-state index >= 15 is 0 Å². The molecule has 1 aliphatic rings. The molecule has 0 atom stereocenters. The van der Waals surface area contributed by atoms with Crippen molar-refractivity contribution in [3.63, 3.8) is 0 Å². The smallest absolute Gasteiger partial charge is 0.344 e. The van der Waals surface area contributed by atoms with Gasteiger partial charge in [0.1, 0.15) is 12.4 Å². The van der Waals surface area contributed by atoms with E-state index in [9.17, 15) is 14.4 Å². The number of rotatable bonds is 11. The van der Waals surface area contributed by atoms with Crippen LogP contribution in [0.5, 0.6) is 5.75 Å². The number of aromatic nitrogens is 1. The Bertz CT molecular complexity index is 1230. The number of nitrogens with zero attached hydrogens (tertiary/aromatic N) is 2. The molecule has 1 amide bonds. The maximum atomic E-state index is 12.9. The van der Waals surface area contributed by atoms with Crippen molar-refractivity contribution in [2.24, 2.45) is 5.73 Å². The summed E-state index contributed by atoms with van der Waals surface area (Å²) in [6.45, 7) is 5.96. The molecule has 0 unspecified atom stereocenters. The fourth-order valence-electron chi connectivity index (χ4n) is 4.51. The van der Waals surface area contributed by atoms with Crippen LogP contribution in [0, 0.1) is 0 Å². The average Bonchev–Trinajstić information content (AvgIpc) is 3.21. The molecule has 1 fully saturated rings. The summed E-state index contributed by atoms with van der Waals surface area (Å²) < 4.78 is 18.5. The van der Waals surface area contributed by atoms with Crippen LogP contribution in [-0.4, -0.2) is 73.2 Å². The normalized spacial score (nSPS) is 14.0. The minimum Gasteiger partial charge on any atom is -0.481 e. The van der Waals surface area contributed by atoms with Gasteiger partial charge in [0.2, 0.25) is 0 Å². The number of amides is 1. The van der Waals surface area contributed by atoms with Crippen LogP contribution in [0.2, 0.25) is 0 Å². The molecule has 1 aromatic heterocycles. The first-order chi connectivity index (χ1) is 17.5. The zero-order chi connectivity index (χ0) is 25.5. The minimum atomic E-state index is -1.04. The van der Waals surface area contributed by atoms with Crippen molar-refractivity contribution in [3.05, 3.63) is 65.4 Å². The van der Waals surface area contributed by atoms with Crippen molar-refractivity contribution in [2.75, 3.05) is 46.1 Å². The van der Waals surface area contributed by atoms with E-state index in [4.69, 9.17) is 19.9 Å². The van der Waals surface area contributed by atoms with Gasteiger partial charge in [-0.1, -0.05) is 43.3 Å². The number of nitrogens with two attached hydrogens (primary N) is 1. The van der Waals surface area contributed by atoms with E-state index in [2.05, 4.69) is 4.90 Å². The molecule has 0 bridgehead atoms. The second-order valence-corrected chi connectivity index (χ2v) is 8.55. The van der Waals surface area contributed by atoms with Crippen LogP contribution >= 0.6 is 0 Å². The highest BCUT2D eigenvalue weighted by molar-refractivity contribution is 6.45. The summed E-state index contributed by atoms with van der Waals surface area (Å²) in [5, 5.41) is 0.468. The number of fused-ring (bicyclic) bond motifs is 1. The van der Waals surface area contributed by atoms with Gasteiger partial charge < -0.3 is 24.5 Å². The number of morpholine rings is 1. The molecule has 9 heteroatoms. The zero-order valence-electron chi connectivity index (χ0n) is 20.4. The molecule has 1 aliphatic heterocycles. The molecule has 0 radical (unpaired) electrons. The Labute approximate surface area is 209 Å². The van der Waals surface area contributed by atoms with Crippen molar-refractivity contribution >= 4 is 28.6 Å². The molecule has 1 saturated heterocycles. The molecule has 0 aliphatic carbocycles. The predicted molar refractivity (Wildman–Crippen MR) is 134 cm³/mol. The molecular weight excluding hydrogens is 462 g/mol. The number of hydrogen-bond donors (Lipinski definition) is 1. The van der Waals surface area contributed by atoms with Crippen molar-refractivity contribution < 1.29 is 28.6 Å². The first kappa shape index (κ1) is 25.4. The lowest BCUT2D eigenvalue weighted by atomic mass is 10.0. The van der Waals surface area contributed by atoms with Gasteiger partial charge in [-0.3, -0.25) is 14.5 Å². The monoisotopic (exact) mass is 493 g/mol. The third-order valence-corrected chi connectivity index (χ3v) is 6.25. The second-order valence-electron chi connectivity index (χ2n) is 8.55. The van der Waals surface area contributed by atoms with Gasteiger partial charge in [-0.25, -0.2) is 4.79 Å². The number of Topliss-reactive ketones (excluding diaryl/α,β-unsaturated/α-hetero) is 1. The summed E-state index contributed by atoms with van der Waals surface area (Å²) in [7, 11) is 0. The molecule has 190 valence electrons. The molecule has 0 saturated carbocycles. The van der Waals surface area contributed by atoms with E-state index in [1.54, 1.807) is 12.1 Å². The quantitative estimate of drug-likeness (QED) is 0.247. The average molecular weight is 494 g/mol. The lowest BCUT2D eigenvalue weighted by Gasteiger charge is -2.26. The number of benzene rings is 2. The standard InChI is InChI=1S/C27H31N3O6/c1-2-20-25(26(32)27(28)33)24-21(30(20)17-19-7-4-3-5-8-19)9-6-10-22(24)36-18-23(31)35-16-13-29-11-14-34-15-12-29/h3-10H,2,11-18H2,1H3,(H2,28,33). The van der Waals surface area contributed by atoms with Crippen LogP contribution in [0.15, 0.2) is 48.5 Å². The second kappa shape index (κ2) is 11.8. The SMILES string of the molecule is CCc1c(C(=O)C(N)=O)c2c(OCC(=O)OCCN3CCOCC3)cccc2n1Cc1ccccc1. The molecule has 36 heavy (non-hydrogen) atoms. The van der Waals surface area contributed by atoms with Gasteiger partial charge >= 0.3 is 5.97 Å².